The second kappa shape index (κ2) is 9.19. The monoisotopic (exact) mass is 581 g/mol. The molecule has 1 unspecified atom stereocenters. The SMILES string of the molecule is CCc1cc(C2(NF)CC(c3ccc4c(c3)COC43CN(C(=O)C4(C(C)(F)F)CCC4)C3)=NS2)cc(Cl)c1F. The van der Waals surface area contributed by atoms with E-state index in [0.717, 1.165) is 35.6 Å². The van der Waals surface area contributed by atoms with E-state index in [-0.39, 0.29) is 37.4 Å². The smallest absolute Gasteiger partial charge is 0.259 e. The van der Waals surface area contributed by atoms with Crippen LogP contribution in [0.1, 0.15) is 67.3 Å². The van der Waals surface area contributed by atoms with Crippen LogP contribution in [0.15, 0.2) is 34.7 Å². The summed E-state index contributed by atoms with van der Waals surface area (Å²) >= 11 is 7.13. The van der Waals surface area contributed by atoms with Crippen LogP contribution in [0.2, 0.25) is 5.02 Å². The van der Waals surface area contributed by atoms with E-state index in [1.165, 1.54) is 11.0 Å². The highest BCUT2D eigenvalue weighted by molar-refractivity contribution is 7.99. The Kier molecular flexibility index (Phi) is 6.37. The van der Waals surface area contributed by atoms with Crippen molar-refractivity contribution in [2.24, 2.45) is 9.81 Å². The number of benzene rings is 2. The molecule has 3 aliphatic heterocycles. The number of carbonyl (C=O) groups is 1. The fourth-order valence-corrected chi connectivity index (χ4v) is 7.40. The number of amides is 1. The normalized spacial score (nSPS) is 24.8. The van der Waals surface area contributed by atoms with Gasteiger partial charge in [0.2, 0.25) is 5.91 Å². The van der Waals surface area contributed by atoms with Crippen molar-refractivity contribution in [3.8, 4) is 0 Å². The first kappa shape index (κ1) is 27.1. The van der Waals surface area contributed by atoms with Gasteiger partial charge in [-0.3, -0.25) is 4.79 Å². The lowest BCUT2D eigenvalue weighted by Gasteiger charge is -2.54. The third-order valence-corrected chi connectivity index (χ3v) is 10.3. The zero-order chi connectivity index (χ0) is 27.8. The van der Waals surface area contributed by atoms with E-state index in [0.29, 0.717) is 36.3 Å². The second-order valence-electron chi connectivity index (χ2n) is 11.2. The summed E-state index contributed by atoms with van der Waals surface area (Å²) in [4.78, 5) is 13.3. The van der Waals surface area contributed by atoms with Crippen molar-refractivity contribution in [2.75, 3.05) is 13.1 Å². The Bertz CT molecular complexity index is 1390. The summed E-state index contributed by atoms with van der Waals surface area (Å²) in [6.45, 7) is 3.45. The molecule has 0 bridgehead atoms. The van der Waals surface area contributed by atoms with Gasteiger partial charge in [0.25, 0.3) is 5.92 Å². The van der Waals surface area contributed by atoms with Crippen molar-refractivity contribution in [3.63, 3.8) is 0 Å². The molecule has 2 aromatic rings. The summed E-state index contributed by atoms with van der Waals surface area (Å²) in [5.74, 6) is -4.05. The molecule has 1 saturated heterocycles. The molecule has 1 amide bonds. The quantitative estimate of drug-likeness (QED) is 0.237. The summed E-state index contributed by atoms with van der Waals surface area (Å²) in [6, 6.07) is 8.81. The van der Waals surface area contributed by atoms with Gasteiger partial charge >= 0.3 is 0 Å². The maximum Gasteiger partial charge on any atom is 0.259 e. The average Bonchev–Trinajstić information content (AvgIpc) is 3.45. The highest BCUT2D eigenvalue weighted by Crippen LogP contribution is 2.55. The molecule has 2 fully saturated rings. The lowest BCUT2D eigenvalue weighted by molar-refractivity contribution is -0.207. The fourth-order valence-electron chi connectivity index (χ4n) is 6.26. The molecule has 5 nitrogen and oxygen atoms in total. The van der Waals surface area contributed by atoms with Gasteiger partial charge in [-0.2, -0.15) is 0 Å². The first-order chi connectivity index (χ1) is 18.5. The van der Waals surface area contributed by atoms with E-state index in [9.17, 15) is 22.4 Å². The number of likely N-dealkylation sites (tertiary alicyclic amines) is 1. The molecule has 6 rings (SSSR count). The van der Waals surface area contributed by atoms with Gasteiger partial charge in [0.05, 0.1) is 30.4 Å². The highest BCUT2D eigenvalue weighted by atomic mass is 35.5. The van der Waals surface area contributed by atoms with Crippen molar-refractivity contribution in [2.45, 2.75) is 69.0 Å². The van der Waals surface area contributed by atoms with Crippen molar-refractivity contribution in [3.05, 3.63) is 69.0 Å². The van der Waals surface area contributed by atoms with Crippen molar-refractivity contribution in [1.29, 1.82) is 0 Å². The summed E-state index contributed by atoms with van der Waals surface area (Å²) in [7, 11) is 0. The van der Waals surface area contributed by atoms with E-state index in [4.69, 9.17) is 16.3 Å². The largest absolute Gasteiger partial charge is 0.362 e. The maximum absolute atomic E-state index is 14.3. The van der Waals surface area contributed by atoms with Crippen LogP contribution in [0.4, 0.5) is 17.7 Å². The van der Waals surface area contributed by atoms with Crippen LogP contribution >= 0.6 is 23.5 Å². The molecule has 0 aromatic heterocycles. The minimum absolute atomic E-state index is 0.0630. The topological polar surface area (TPSA) is 53.9 Å². The summed E-state index contributed by atoms with van der Waals surface area (Å²) in [5, 5.41) is -0.0630. The number of nitrogens with one attached hydrogen (secondary N) is 1. The van der Waals surface area contributed by atoms with Crippen LogP contribution in [-0.2, 0) is 33.0 Å². The van der Waals surface area contributed by atoms with Crippen LogP contribution in [0.3, 0.4) is 0 Å². The number of hydrogen-bond donors (Lipinski definition) is 1. The van der Waals surface area contributed by atoms with Crippen LogP contribution < -0.4 is 5.54 Å². The maximum atomic E-state index is 14.3. The van der Waals surface area contributed by atoms with Gasteiger partial charge in [-0.1, -0.05) is 37.1 Å². The van der Waals surface area contributed by atoms with Gasteiger partial charge in [0.15, 0.2) is 0 Å². The molecular weight excluding hydrogens is 554 g/mol. The number of aryl methyl sites for hydroxylation is 1. The molecule has 11 heteroatoms. The molecular formula is C28H28ClF4N3O2S. The molecule has 1 N–H and O–H groups in total. The predicted molar refractivity (Wildman–Crippen MR) is 142 cm³/mol. The van der Waals surface area contributed by atoms with E-state index in [1.54, 1.807) is 13.0 Å². The molecule has 208 valence electrons. The molecule has 1 aliphatic carbocycles. The summed E-state index contributed by atoms with van der Waals surface area (Å²) in [6.07, 6.45) is 1.67. The standard InChI is InChI=1S/C28H28ClF4N3O2S/c1-3-16-10-19(11-21(29)23(16)30)28(35-33)12-22(34-39-28)17-5-6-20-18(9-17)13-38-27(20)14-36(15-27)24(37)26(7-4-8-26)25(2,31)32/h5-6,9-11,35H,3-4,7-8,12-15H2,1-2H3. The summed E-state index contributed by atoms with van der Waals surface area (Å²) < 4.78 is 67.9. The molecule has 2 aromatic carbocycles. The number of alkyl halides is 2. The Morgan fingerprint density at radius 1 is 1.26 bits per heavy atom. The molecule has 1 saturated carbocycles. The number of ether oxygens (including phenoxy) is 1. The van der Waals surface area contributed by atoms with Gasteiger partial charge in [-0.15, -0.1) is 10.0 Å². The lowest BCUT2D eigenvalue weighted by atomic mass is 9.63. The Hall–Kier alpha value is -2.14. The minimum Gasteiger partial charge on any atom is -0.362 e. The molecule has 4 aliphatic rings. The Balaban J connectivity index is 1.19. The van der Waals surface area contributed by atoms with Crippen molar-refractivity contribution < 1.29 is 27.2 Å². The predicted octanol–water partition coefficient (Wildman–Crippen LogP) is 6.60. The van der Waals surface area contributed by atoms with Gasteiger partial charge in [0.1, 0.15) is 21.7 Å². The first-order valence-corrected chi connectivity index (χ1v) is 14.2. The van der Waals surface area contributed by atoms with Crippen LogP contribution in [0.5, 0.6) is 0 Å². The van der Waals surface area contributed by atoms with Crippen LogP contribution in [0, 0.1) is 11.2 Å². The number of nitrogens with zero attached hydrogens (tertiary/aromatic N) is 2. The third kappa shape index (κ3) is 3.96. The highest BCUT2D eigenvalue weighted by Gasteiger charge is 2.63. The molecule has 1 spiro atoms. The second-order valence-corrected chi connectivity index (χ2v) is 12.6. The molecule has 0 radical (unpaired) electrons. The summed E-state index contributed by atoms with van der Waals surface area (Å²) in [5.41, 5.74) is 3.80. The van der Waals surface area contributed by atoms with Gasteiger partial charge in [-0.25, -0.2) is 17.6 Å². The molecule has 1 atom stereocenters. The number of hydrogen-bond acceptors (Lipinski definition) is 5. The van der Waals surface area contributed by atoms with Gasteiger partial charge in [0, 0.05) is 25.3 Å². The van der Waals surface area contributed by atoms with Crippen molar-refractivity contribution in [1.82, 2.24) is 10.4 Å². The molecule has 39 heavy (non-hydrogen) atoms. The van der Waals surface area contributed by atoms with E-state index < -0.39 is 33.5 Å². The number of halogens is 5. The Morgan fingerprint density at radius 2 is 2.00 bits per heavy atom. The van der Waals surface area contributed by atoms with Crippen LogP contribution in [0.25, 0.3) is 0 Å². The van der Waals surface area contributed by atoms with Crippen molar-refractivity contribution >= 4 is 35.2 Å². The minimum atomic E-state index is -3.06. The average molecular weight is 582 g/mol. The third-order valence-electron chi connectivity index (χ3n) is 8.90. The molecule has 3 heterocycles. The van der Waals surface area contributed by atoms with E-state index >= 15 is 0 Å². The van der Waals surface area contributed by atoms with Gasteiger partial charge < -0.3 is 9.64 Å². The fraction of sp³-hybridized carbons (Fsp3) is 0.500. The Labute approximate surface area is 233 Å². The first-order valence-electron chi connectivity index (χ1n) is 13.0. The number of carbonyl (C=O) groups excluding carboxylic acids is 1. The number of rotatable bonds is 6. The van der Waals surface area contributed by atoms with E-state index in [1.807, 2.05) is 23.7 Å². The van der Waals surface area contributed by atoms with Crippen LogP contribution in [-0.4, -0.2) is 35.5 Å². The zero-order valence-electron chi connectivity index (χ0n) is 21.6. The number of fused-ring (bicyclic) bond motifs is 2. The van der Waals surface area contributed by atoms with Gasteiger partial charge in [-0.05, 0) is 65.3 Å². The van der Waals surface area contributed by atoms with E-state index in [2.05, 4.69) is 4.40 Å². The zero-order valence-corrected chi connectivity index (χ0v) is 23.1. The lowest BCUT2D eigenvalue weighted by Crippen LogP contribution is -2.67. The Morgan fingerprint density at radius 3 is 2.62 bits per heavy atom.